The highest BCUT2D eigenvalue weighted by atomic mass is 32.2. The van der Waals surface area contributed by atoms with Gasteiger partial charge in [0.2, 0.25) is 17.1 Å². The van der Waals surface area contributed by atoms with E-state index in [-0.39, 0.29) is 17.9 Å². The lowest BCUT2D eigenvalue weighted by Gasteiger charge is -2.23. The lowest BCUT2D eigenvalue weighted by Crippen LogP contribution is -2.51. The van der Waals surface area contributed by atoms with Gasteiger partial charge in [-0.05, 0) is 0 Å². The molecular weight excluding hydrogens is 487 g/mol. The van der Waals surface area contributed by atoms with Crippen molar-refractivity contribution in [2.24, 2.45) is 32.2 Å². The molecular formula is C12H18F3N9O4S3. The summed E-state index contributed by atoms with van der Waals surface area (Å²) in [6.07, 6.45) is -5.08. The number of carboxylic acid groups (broad SMARTS) is 1. The first-order valence-corrected chi connectivity index (χ1v) is 11.3. The zero-order valence-electron chi connectivity index (χ0n) is 15.7. The van der Waals surface area contributed by atoms with Crippen molar-refractivity contribution in [3.05, 3.63) is 11.1 Å². The Bertz CT molecular complexity index is 971. The Morgan fingerprint density at radius 3 is 2.55 bits per heavy atom. The second-order valence-electron chi connectivity index (χ2n) is 5.26. The lowest BCUT2D eigenvalue weighted by atomic mass is 10.6. The zero-order chi connectivity index (χ0) is 23.8. The van der Waals surface area contributed by atoms with Crippen LogP contribution >= 0.6 is 23.1 Å². The van der Waals surface area contributed by atoms with Gasteiger partial charge in [-0.2, -0.15) is 43.3 Å². The SMILES string of the molecule is CN1C(N)=NC(=NCCSCc2csc(N=C(N)N)n2)NS1(=O)=O.O=C(O)C(F)(F)F. The van der Waals surface area contributed by atoms with Crippen LogP contribution in [0.4, 0.5) is 18.3 Å². The van der Waals surface area contributed by atoms with Gasteiger partial charge in [-0.25, -0.2) is 23.8 Å². The topological polar surface area (TPSA) is 215 Å². The van der Waals surface area contributed by atoms with E-state index in [0.29, 0.717) is 23.2 Å². The summed E-state index contributed by atoms with van der Waals surface area (Å²) < 4.78 is 58.2. The zero-order valence-corrected chi connectivity index (χ0v) is 18.1. The number of guanidine groups is 3. The highest BCUT2D eigenvalue weighted by Crippen LogP contribution is 2.21. The van der Waals surface area contributed by atoms with Gasteiger partial charge in [0.1, 0.15) is 0 Å². The van der Waals surface area contributed by atoms with Crippen molar-refractivity contribution in [1.82, 2.24) is 14.0 Å². The number of carbonyl (C=O) groups is 1. The summed E-state index contributed by atoms with van der Waals surface area (Å²) in [6.45, 7) is 0.383. The minimum absolute atomic E-state index is 0.0186. The number of halogens is 3. The van der Waals surface area contributed by atoms with E-state index < -0.39 is 22.4 Å². The largest absolute Gasteiger partial charge is 0.490 e. The molecule has 1 aliphatic heterocycles. The summed E-state index contributed by atoms with van der Waals surface area (Å²) in [5.74, 6) is -1.61. The maximum Gasteiger partial charge on any atom is 0.490 e. The van der Waals surface area contributed by atoms with Crippen LogP contribution in [0.5, 0.6) is 0 Å². The molecule has 0 saturated heterocycles. The van der Waals surface area contributed by atoms with Crippen LogP contribution in [0, 0.1) is 0 Å². The van der Waals surface area contributed by atoms with Gasteiger partial charge in [-0.3, -0.25) is 0 Å². The number of thiazole rings is 1. The van der Waals surface area contributed by atoms with Crippen LogP contribution in [-0.4, -0.2) is 72.2 Å². The molecule has 1 aromatic heterocycles. The number of hydrogen-bond acceptors (Lipinski definition) is 9. The van der Waals surface area contributed by atoms with E-state index in [9.17, 15) is 21.6 Å². The normalized spacial score (nSPS) is 16.6. The number of alkyl halides is 3. The second kappa shape index (κ2) is 11.0. The fraction of sp³-hybridized carbons (Fsp3) is 0.417. The maximum absolute atomic E-state index is 11.7. The van der Waals surface area contributed by atoms with Crippen LogP contribution < -0.4 is 21.9 Å². The maximum atomic E-state index is 11.7. The molecule has 0 amide bonds. The number of aliphatic imine (C=N–C) groups is 3. The van der Waals surface area contributed by atoms with Crippen molar-refractivity contribution >= 4 is 62.3 Å². The predicted molar refractivity (Wildman–Crippen MR) is 111 cm³/mol. The molecule has 13 nitrogen and oxygen atoms in total. The Hall–Kier alpha value is -2.80. The number of aromatic nitrogens is 1. The summed E-state index contributed by atoms with van der Waals surface area (Å²) in [7, 11) is -2.40. The number of aliphatic carboxylic acids is 1. The van der Waals surface area contributed by atoms with Crippen LogP contribution in [0.2, 0.25) is 0 Å². The molecule has 0 atom stereocenters. The first kappa shape index (κ1) is 26.2. The van der Waals surface area contributed by atoms with E-state index in [0.717, 1.165) is 10.00 Å². The van der Waals surface area contributed by atoms with E-state index in [1.165, 1.54) is 18.4 Å². The smallest absolute Gasteiger partial charge is 0.475 e. The monoisotopic (exact) mass is 505 g/mol. The molecule has 19 heteroatoms. The average Bonchev–Trinajstić information content (AvgIpc) is 3.05. The summed E-state index contributed by atoms with van der Waals surface area (Å²) in [6, 6.07) is 0. The van der Waals surface area contributed by atoms with E-state index in [1.54, 1.807) is 11.8 Å². The van der Waals surface area contributed by atoms with Gasteiger partial charge in [-0.1, -0.05) is 0 Å². The van der Waals surface area contributed by atoms with Crippen molar-refractivity contribution in [1.29, 1.82) is 0 Å². The number of rotatable bonds is 6. The van der Waals surface area contributed by atoms with Crippen molar-refractivity contribution in [2.75, 3.05) is 19.3 Å². The van der Waals surface area contributed by atoms with Crippen LogP contribution in [0.3, 0.4) is 0 Å². The van der Waals surface area contributed by atoms with Crippen LogP contribution in [0.15, 0.2) is 20.4 Å². The summed E-state index contributed by atoms with van der Waals surface area (Å²) in [5, 5.41) is 9.51. The van der Waals surface area contributed by atoms with Crippen molar-refractivity contribution in [3.63, 3.8) is 0 Å². The van der Waals surface area contributed by atoms with E-state index >= 15 is 0 Å². The van der Waals surface area contributed by atoms with Crippen molar-refractivity contribution in [3.8, 4) is 0 Å². The molecule has 31 heavy (non-hydrogen) atoms. The first-order chi connectivity index (χ1) is 14.2. The Kier molecular flexibility index (Phi) is 9.31. The van der Waals surface area contributed by atoms with Gasteiger partial charge in [0.05, 0.1) is 12.2 Å². The molecule has 8 N–H and O–H groups in total. The number of carboxylic acids is 1. The number of hydrogen-bond donors (Lipinski definition) is 5. The molecule has 0 aliphatic carbocycles. The fourth-order valence-corrected chi connectivity index (χ4v) is 3.79. The van der Waals surface area contributed by atoms with Crippen molar-refractivity contribution < 1.29 is 31.5 Å². The average molecular weight is 506 g/mol. The van der Waals surface area contributed by atoms with Gasteiger partial charge in [0.25, 0.3) is 0 Å². The number of nitrogens with zero attached hydrogens (tertiary/aromatic N) is 5. The molecule has 0 spiro atoms. The van der Waals surface area contributed by atoms with E-state index in [2.05, 4.69) is 24.7 Å². The molecule has 2 rings (SSSR count). The fourth-order valence-electron chi connectivity index (χ4n) is 1.49. The van der Waals surface area contributed by atoms with Crippen LogP contribution in [0.25, 0.3) is 0 Å². The number of nitrogens with two attached hydrogens (primary N) is 3. The molecule has 0 bridgehead atoms. The number of nitrogens with one attached hydrogen (secondary N) is 1. The Balaban J connectivity index is 0.000000592. The van der Waals surface area contributed by atoms with Gasteiger partial charge in [0, 0.05) is 23.9 Å². The Morgan fingerprint density at radius 2 is 2.03 bits per heavy atom. The van der Waals surface area contributed by atoms with Gasteiger partial charge in [-0.15, -0.1) is 11.3 Å². The molecule has 1 aromatic rings. The molecule has 1 aliphatic rings. The predicted octanol–water partition coefficient (Wildman–Crippen LogP) is -0.635. The van der Waals surface area contributed by atoms with Crippen LogP contribution in [-0.2, 0) is 20.8 Å². The number of thioether (sulfide) groups is 1. The minimum Gasteiger partial charge on any atom is -0.475 e. The molecule has 0 fully saturated rings. The van der Waals surface area contributed by atoms with E-state index in [4.69, 9.17) is 27.1 Å². The molecule has 2 heterocycles. The highest BCUT2D eigenvalue weighted by molar-refractivity contribution is 7.98. The molecule has 0 aromatic carbocycles. The lowest BCUT2D eigenvalue weighted by molar-refractivity contribution is -0.192. The standard InChI is InChI=1S/C10H17N9O2S3.C2HF3O2/c1-19-8(13)17-9(18-24(19,20)21)14-2-3-22-4-6-5-23-10(15-6)16-7(11)12;3-2(4,5)1(6)7/h5H,2-4H2,1H3,(H4,11,12,15,16)(H3,13,14,17,18);(H,6,7). The summed E-state index contributed by atoms with van der Waals surface area (Å²) >= 11 is 2.94. The first-order valence-electron chi connectivity index (χ1n) is 7.79. The summed E-state index contributed by atoms with van der Waals surface area (Å²) in [4.78, 5) is 25.0. The highest BCUT2D eigenvalue weighted by Gasteiger charge is 2.38. The Morgan fingerprint density at radius 1 is 1.42 bits per heavy atom. The van der Waals surface area contributed by atoms with Gasteiger partial charge < -0.3 is 22.3 Å². The third kappa shape index (κ3) is 9.26. The third-order valence-electron chi connectivity index (χ3n) is 2.88. The van der Waals surface area contributed by atoms with Gasteiger partial charge >= 0.3 is 22.4 Å². The van der Waals surface area contributed by atoms with E-state index in [1.807, 2.05) is 5.38 Å². The third-order valence-corrected chi connectivity index (χ3v) is 5.98. The molecule has 174 valence electrons. The quantitative estimate of drug-likeness (QED) is 0.189. The molecule has 0 radical (unpaired) electrons. The summed E-state index contributed by atoms with van der Waals surface area (Å²) in [5.41, 5.74) is 17.0. The van der Waals surface area contributed by atoms with Gasteiger partial charge in [0.15, 0.2) is 5.96 Å². The second-order valence-corrected chi connectivity index (χ2v) is 8.91. The minimum atomic E-state index is -5.08. The van der Waals surface area contributed by atoms with Crippen molar-refractivity contribution in [2.45, 2.75) is 11.9 Å². The van der Waals surface area contributed by atoms with Crippen LogP contribution in [0.1, 0.15) is 5.69 Å². The molecule has 0 saturated carbocycles. The molecule has 0 unspecified atom stereocenters. The Labute approximate surface area is 182 Å².